The van der Waals surface area contributed by atoms with Gasteiger partial charge in [-0.15, -0.1) is 0 Å². The molecule has 0 unspecified atom stereocenters. The Bertz CT molecular complexity index is 1110. The molecule has 0 spiro atoms. The van der Waals surface area contributed by atoms with E-state index in [9.17, 15) is 15.2 Å². The molecule has 1 aliphatic carbocycles. The zero-order valence-electron chi connectivity index (χ0n) is 14.5. The quantitative estimate of drug-likeness (QED) is 0.371. The molecule has 0 saturated heterocycles. The lowest BCUT2D eigenvalue weighted by Crippen LogP contribution is -2.29. The van der Waals surface area contributed by atoms with Crippen LogP contribution in [-0.4, -0.2) is 10.0 Å². The number of allylic oxidation sites excluding steroid dienone is 2. The van der Waals surface area contributed by atoms with Crippen LogP contribution in [-0.2, 0) is 0 Å². The van der Waals surface area contributed by atoms with Crippen LogP contribution in [0.25, 0.3) is 10.8 Å². The number of nitrogens with one attached hydrogen (secondary N) is 1. The van der Waals surface area contributed by atoms with Gasteiger partial charge in [0.25, 0.3) is 0 Å². The van der Waals surface area contributed by atoms with Crippen LogP contribution in [0.4, 0.5) is 11.4 Å². The monoisotopic (exact) mass is 358 g/mol. The largest absolute Gasteiger partial charge is 0.502 e. The molecular weight excluding hydrogens is 340 g/mol. The van der Waals surface area contributed by atoms with Crippen LogP contribution in [0.2, 0.25) is 0 Å². The number of nitrogens with zero attached hydrogens (tertiary/aromatic N) is 1. The first-order valence-corrected chi connectivity index (χ1v) is 9.05. The number of phenols is 1. The summed E-state index contributed by atoms with van der Waals surface area (Å²) in [5, 5.41) is 27.1. The summed E-state index contributed by atoms with van der Waals surface area (Å²) in [6.45, 7) is 0. The molecule has 0 bridgehead atoms. The highest BCUT2D eigenvalue weighted by atomic mass is 16.6. The molecule has 2 N–H and O–H groups in total. The summed E-state index contributed by atoms with van der Waals surface area (Å²) in [5.41, 5.74) is 2.96. The highest BCUT2D eigenvalue weighted by Crippen LogP contribution is 2.52. The minimum Gasteiger partial charge on any atom is -0.502 e. The zero-order valence-corrected chi connectivity index (χ0v) is 14.5. The third kappa shape index (κ3) is 2.39. The van der Waals surface area contributed by atoms with Gasteiger partial charge >= 0.3 is 5.69 Å². The Balaban J connectivity index is 1.65. The van der Waals surface area contributed by atoms with Crippen LogP contribution in [0.15, 0.2) is 66.7 Å². The fourth-order valence-corrected chi connectivity index (χ4v) is 4.59. The van der Waals surface area contributed by atoms with E-state index in [2.05, 4.69) is 47.8 Å². The van der Waals surface area contributed by atoms with Crippen LogP contribution >= 0.6 is 0 Å². The summed E-state index contributed by atoms with van der Waals surface area (Å²) in [5.74, 6) is 0.254. The molecule has 1 heterocycles. The van der Waals surface area contributed by atoms with E-state index in [1.54, 1.807) is 6.07 Å². The summed E-state index contributed by atoms with van der Waals surface area (Å²) < 4.78 is 0. The second kappa shape index (κ2) is 5.84. The number of fused-ring (bicyclic) bond motifs is 5. The van der Waals surface area contributed by atoms with Gasteiger partial charge in [-0.2, -0.15) is 0 Å². The van der Waals surface area contributed by atoms with Crippen molar-refractivity contribution in [1.82, 2.24) is 0 Å². The summed E-state index contributed by atoms with van der Waals surface area (Å²) in [6.07, 6.45) is 5.38. The average Bonchev–Trinajstić information content (AvgIpc) is 3.17. The molecule has 27 heavy (non-hydrogen) atoms. The van der Waals surface area contributed by atoms with Gasteiger partial charge in [0.05, 0.1) is 11.0 Å². The third-order valence-electron chi connectivity index (χ3n) is 5.81. The maximum Gasteiger partial charge on any atom is 0.311 e. The molecule has 5 heteroatoms. The molecule has 3 atom stereocenters. The van der Waals surface area contributed by atoms with Crippen molar-refractivity contribution in [1.29, 1.82) is 0 Å². The third-order valence-corrected chi connectivity index (χ3v) is 5.81. The predicted molar refractivity (Wildman–Crippen MR) is 105 cm³/mol. The van der Waals surface area contributed by atoms with Crippen molar-refractivity contribution in [2.24, 2.45) is 5.92 Å². The number of hydrogen-bond donors (Lipinski definition) is 2. The lowest BCUT2D eigenvalue weighted by molar-refractivity contribution is -0.385. The number of anilines is 1. The van der Waals surface area contributed by atoms with Crippen molar-refractivity contribution in [3.05, 3.63) is 88.0 Å². The molecule has 0 saturated carbocycles. The molecule has 0 radical (unpaired) electrons. The first-order valence-electron chi connectivity index (χ1n) is 9.05. The number of benzene rings is 3. The van der Waals surface area contributed by atoms with E-state index in [1.807, 2.05) is 6.07 Å². The molecule has 5 nitrogen and oxygen atoms in total. The summed E-state index contributed by atoms with van der Waals surface area (Å²) in [7, 11) is 0. The first kappa shape index (κ1) is 15.9. The second-order valence-electron chi connectivity index (χ2n) is 7.23. The zero-order chi connectivity index (χ0) is 18.5. The van der Waals surface area contributed by atoms with Crippen LogP contribution in [0, 0.1) is 16.0 Å². The van der Waals surface area contributed by atoms with Gasteiger partial charge in [-0.3, -0.25) is 10.1 Å². The van der Waals surface area contributed by atoms with Gasteiger partial charge < -0.3 is 10.4 Å². The summed E-state index contributed by atoms with van der Waals surface area (Å²) in [6, 6.07) is 17.2. The average molecular weight is 358 g/mol. The first-order chi connectivity index (χ1) is 13.1. The summed E-state index contributed by atoms with van der Waals surface area (Å²) >= 11 is 0. The van der Waals surface area contributed by atoms with Gasteiger partial charge in [-0.1, -0.05) is 48.6 Å². The lowest BCUT2D eigenvalue weighted by atomic mass is 9.75. The minimum absolute atomic E-state index is 0.0436. The molecule has 5 rings (SSSR count). The Morgan fingerprint density at radius 2 is 1.96 bits per heavy atom. The molecule has 2 aliphatic rings. The van der Waals surface area contributed by atoms with E-state index in [-0.39, 0.29) is 29.3 Å². The Kier molecular flexibility index (Phi) is 3.44. The molecule has 3 aromatic rings. The fraction of sp³-hybridized carbons (Fsp3) is 0.182. The number of nitro benzene ring substituents is 1. The van der Waals surface area contributed by atoms with Crippen LogP contribution in [0.5, 0.6) is 5.75 Å². The van der Waals surface area contributed by atoms with Crippen LogP contribution < -0.4 is 5.32 Å². The Morgan fingerprint density at radius 1 is 1.11 bits per heavy atom. The smallest absolute Gasteiger partial charge is 0.311 e. The Labute approximate surface area is 156 Å². The predicted octanol–water partition coefficient (Wildman–Crippen LogP) is 5.28. The Hall–Kier alpha value is -3.34. The standard InChI is InChI=1S/C22H18N2O3/c25-20-11-9-14(12-19(20)24(26)27)22-17-7-3-6-16(17)21-15-5-2-1-4-13(15)8-10-18(21)23-22/h1-6,8-12,16-17,22-23,25H,7H2/t16-,17+,22-/m0/s1. The van der Waals surface area contributed by atoms with E-state index in [0.717, 1.165) is 17.7 Å². The van der Waals surface area contributed by atoms with Crippen LogP contribution in [0.3, 0.4) is 0 Å². The summed E-state index contributed by atoms with van der Waals surface area (Å²) in [4.78, 5) is 10.7. The van der Waals surface area contributed by atoms with E-state index < -0.39 is 4.92 Å². The minimum atomic E-state index is -0.534. The molecule has 134 valence electrons. The molecule has 1 aliphatic heterocycles. The van der Waals surface area contributed by atoms with Crippen molar-refractivity contribution in [2.75, 3.05) is 5.32 Å². The Morgan fingerprint density at radius 3 is 2.81 bits per heavy atom. The maximum absolute atomic E-state index is 11.2. The van der Waals surface area contributed by atoms with Gasteiger partial charge in [0.15, 0.2) is 5.75 Å². The SMILES string of the molecule is O=[N+]([O-])c1cc([C@@H]2Nc3ccc4ccccc4c3[C@H]3C=CC[C@H]32)ccc1O. The van der Waals surface area contributed by atoms with E-state index in [0.29, 0.717) is 0 Å². The number of nitro groups is 1. The van der Waals surface area contributed by atoms with Crippen molar-refractivity contribution < 1.29 is 10.0 Å². The normalized spacial score (nSPS) is 22.9. The lowest BCUT2D eigenvalue weighted by Gasteiger charge is -2.38. The van der Waals surface area contributed by atoms with Crippen molar-refractivity contribution >= 4 is 22.1 Å². The van der Waals surface area contributed by atoms with E-state index in [1.165, 1.54) is 28.5 Å². The molecular formula is C22H18N2O3. The van der Waals surface area contributed by atoms with Gasteiger partial charge in [0.1, 0.15) is 0 Å². The van der Waals surface area contributed by atoms with Crippen molar-refractivity contribution in [3.8, 4) is 5.75 Å². The maximum atomic E-state index is 11.2. The highest BCUT2D eigenvalue weighted by Gasteiger charge is 2.39. The number of aromatic hydroxyl groups is 1. The molecule has 0 amide bonds. The number of rotatable bonds is 2. The van der Waals surface area contributed by atoms with Gasteiger partial charge in [-0.25, -0.2) is 0 Å². The number of phenolic OH excluding ortho intramolecular Hbond substituents is 1. The highest BCUT2D eigenvalue weighted by molar-refractivity contribution is 5.91. The number of hydrogen-bond acceptors (Lipinski definition) is 4. The van der Waals surface area contributed by atoms with Crippen LogP contribution in [0.1, 0.15) is 29.5 Å². The molecule has 3 aromatic carbocycles. The topological polar surface area (TPSA) is 75.4 Å². The molecule has 0 aromatic heterocycles. The van der Waals surface area contributed by atoms with Crippen molar-refractivity contribution in [2.45, 2.75) is 18.4 Å². The van der Waals surface area contributed by atoms with E-state index in [4.69, 9.17) is 0 Å². The van der Waals surface area contributed by atoms with Gasteiger partial charge in [0, 0.05) is 17.7 Å². The fourth-order valence-electron chi connectivity index (χ4n) is 4.59. The molecule has 0 fully saturated rings. The van der Waals surface area contributed by atoms with Gasteiger partial charge in [-0.05, 0) is 46.4 Å². The van der Waals surface area contributed by atoms with Crippen molar-refractivity contribution in [3.63, 3.8) is 0 Å². The second-order valence-corrected chi connectivity index (χ2v) is 7.23. The van der Waals surface area contributed by atoms with E-state index >= 15 is 0 Å². The van der Waals surface area contributed by atoms with Gasteiger partial charge in [0.2, 0.25) is 0 Å².